The predicted octanol–water partition coefficient (Wildman–Crippen LogP) is 1.56. The van der Waals surface area contributed by atoms with Gasteiger partial charge in [-0.15, -0.1) is 0 Å². The van der Waals surface area contributed by atoms with E-state index in [9.17, 15) is 0 Å². The van der Waals surface area contributed by atoms with Gasteiger partial charge in [-0.25, -0.2) is 0 Å². The molecule has 0 aromatic rings. The minimum absolute atomic E-state index is 0.901. The summed E-state index contributed by atoms with van der Waals surface area (Å²) >= 11 is 2.43. The predicted molar refractivity (Wildman–Crippen MR) is 44.5 cm³/mol. The molecule has 1 fully saturated rings. The van der Waals surface area contributed by atoms with Gasteiger partial charge in [-0.05, 0) is 17.3 Å². The second kappa shape index (κ2) is 3.67. The summed E-state index contributed by atoms with van der Waals surface area (Å²) < 4.78 is 1.32. The monoisotopic (exact) mass is 225 g/mol. The SMILES string of the molecule is ICCCCC1CN1. The first-order valence-electron chi connectivity index (χ1n) is 3.23. The molecule has 0 amide bonds. The summed E-state index contributed by atoms with van der Waals surface area (Å²) in [6.07, 6.45) is 4.22. The zero-order valence-electron chi connectivity index (χ0n) is 4.99. The Morgan fingerprint density at radius 1 is 1.50 bits per heavy atom. The van der Waals surface area contributed by atoms with Crippen LogP contribution in [-0.2, 0) is 0 Å². The number of nitrogens with one attached hydrogen (secondary N) is 1. The molecule has 0 saturated carbocycles. The molecule has 0 aromatic carbocycles. The van der Waals surface area contributed by atoms with E-state index < -0.39 is 0 Å². The van der Waals surface area contributed by atoms with Gasteiger partial charge in [0, 0.05) is 12.6 Å². The molecule has 1 nitrogen and oxygen atoms in total. The van der Waals surface area contributed by atoms with Gasteiger partial charge < -0.3 is 5.32 Å². The summed E-state index contributed by atoms with van der Waals surface area (Å²) in [7, 11) is 0. The molecule has 0 aliphatic carbocycles. The number of alkyl halides is 1. The van der Waals surface area contributed by atoms with Crippen LogP contribution in [0.2, 0.25) is 0 Å². The van der Waals surface area contributed by atoms with Crippen molar-refractivity contribution in [2.75, 3.05) is 11.0 Å². The lowest BCUT2D eigenvalue weighted by molar-refractivity contribution is 0.715. The number of halogens is 1. The fourth-order valence-corrected chi connectivity index (χ4v) is 1.31. The van der Waals surface area contributed by atoms with Gasteiger partial charge in [0.15, 0.2) is 0 Å². The Morgan fingerprint density at radius 2 is 2.25 bits per heavy atom. The van der Waals surface area contributed by atoms with Crippen molar-refractivity contribution in [3.63, 3.8) is 0 Å². The van der Waals surface area contributed by atoms with Gasteiger partial charge in [0.05, 0.1) is 0 Å². The van der Waals surface area contributed by atoms with Crippen LogP contribution in [-0.4, -0.2) is 17.0 Å². The molecule has 1 unspecified atom stereocenters. The van der Waals surface area contributed by atoms with Crippen molar-refractivity contribution in [1.29, 1.82) is 0 Å². The van der Waals surface area contributed by atoms with E-state index in [2.05, 4.69) is 27.9 Å². The van der Waals surface area contributed by atoms with Crippen LogP contribution in [0.5, 0.6) is 0 Å². The van der Waals surface area contributed by atoms with E-state index in [1.54, 1.807) is 0 Å². The minimum atomic E-state index is 0.901. The number of hydrogen-bond acceptors (Lipinski definition) is 1. The van der Waals surface area contributed by atoms with Crippen LogP contribution in [0.3, 0.4) is 0 Å². The Kier molecular flexibility index (Phi) is 3.12. The molecule has 0 radical (unpaired) electrons. The van der Waals surface area contributed by atoms with Gasteiger partial charge >= 0.3 is 0 Å². The zero-order chi connectivity index (χ0) is 5.82. The maximum atomic E-state index is 3.29. The molecule has 1 atom stereocenters. The zero-order valence-corrected chi connectivity index (χ0v) is 7.15. The summed E-state index contributed by atoms with van der Waals surface area (Å²) in [5.74, 6) is 0. The summed E-state index contributed by atoms with van der Waals surface area (Å²) in [4.78, 5) is 0. The standard InChI is InChI=1S/C6H12IN/c7-4-2-1-3-6-5-8-6/h6,8H,1-5H2. The third-order valence-electron chi connectivity index (χ3n) is 1.43. The van der Waals surface area contributed by atoms with Crippen molar-refractivity contribution in [1.82, 2.24) is 5.32 Å². The van der Waals surface area contributed by atoms with Gasteiger partial charge in [0.2, 0.25) is 0 Å². The van der Waals surface area contributed by atoms with Gasteiger partial charge in [-0.1, -0.05) is 29.0 Å². The van der Waals surface area contributed by atoms with Crippen molar-refractivity contribution < 1.29 is 0 Å². The largest absolute Gasteiger partial charge is 0.311 e. The van der Waals surface area contributed by atoms with Crippen LogP contribution in [0.25, 0.3) is 0 Å². The lowest BCUT2D eigenvalue weighted by Gasteiger charge is -1.91. The van der Waals surface area contributed by atoms with Crippen molar-refractivity contribution in [3.8, 4) is 0 Å². The van der Waals surface area contributed by atoms with Crippen LogP contribution in [0.15, 0.2) is 0 Å². The second-order valence-electron chi connectivity index (χ2n) is 2.29. The highest BCUT2D eigenvalue weighted by Crippen LogP contribution is 2.08. The molecule has 1 heterocycles. The molecule has 1 aliphatic rings. The molecule has 0 bridgehead atoms. The Hall–Kier alpha value is 0.690. The van der Waals surface area contributed by atoms with Crippen LogP contribution in [0.4, 0.5) is 0 Å². The second-order valence-corrected chi connectivity index (χ2v) is 3.37. The highest BCUT2D eigenvalue weighted by molar-refractivity contribution is 14.1. The van der Waals surface area contributed by atoms with E-state index in [-0.39, 0.29) is 0 Å². The highest BCUT2D eigenvalue weighted by atomic mass is 127. The topological polar surface area (TPSA) is 21.9 Å². The summed E-state index contributed by atoms with van der Waals surface area (Å²) in [6, 6.07) is 0.901. The van der Waals surface area contributed by atoms with E-state index in [1.165, 1.54) is 30.2 Å². The number of hydrogen-bond donors (Lipinski definition) is 1. The van der Waals surface area contributed by atoms with Gasteiger partial charge in [0.1, 0.15) is 0 Å². The molecule has 0 aromatic heterocycles. The average Bonchev–Trinajstić information content (AvgIpc) is 2.51. The molecule has 1 aliphatic heterocycles. The molecule has 2 heteroatoms. The van der Waals surface area contributed by atoms with Crippen LogP contribution < -0.4 is 5.32 Å². The van der Waals surface area contributed by atoms with Crippen molar-refractivity contribution in [3.05, 3.63) is 0 Å². The number of unbranched alkanes of at least 4 members (excludes halogenated alkanes) is 1. The third-order valence-corrected chi connectivity index (χ3v) is 2.19. The van der Waals surface area contributed by atoms with Gasteiger partial charge in [0.25, 0.3) is 0 Å². The molecule has 1 saturated heterocycles. The quantitative estimate of drug-likeness (QED) is 0.333. The Morgan fingerprint density at radius 3 is 2.75 bits per heavy atom. The van der Waals surface area contributed by atoms with E-state index in [4.69, 9.17) is 0 Å². The lowest BCUT2D eigenvalue weighted by atomic mass is 10.2. The fourth-order valence-electron chi connectivity index (χ4n) is 0.773. The molecule has 0 spiro atoms. The van der Waals surface area contributed by atoms with Crippen LogP contribution in [0, 0.1) is 0 Å². The van der Waals surface area contributed by atoms with E-state index >= 15 is 0 Å². The molecule has 8 heavy (non-hydrogen) atoms. The Labute approximate surface area is 64.4 Å². The molecular weight excluding hydrogens is 213 g/mol. The van der Waals surface area contributed by atoms with E-state index in [0.29, 0.717) is 0 Å². The molecular formula is C6H12IN. The van der Waals surface area contributed by atoms with Gasteiger partial charge in [-0.2, -0.15) is 0 Å². The van der Waals surface area contributed by atoms with Crippen LogP contribution in [0.1, 0.15) is 19.3 Å². The maximum Gasteiger partial charge on any atom is 0.0193 e. The number of rotatable bonds is 4. The first-order chi connectivity index (χ1) is 3.93. The minimum Gasteiger partial charge on any atom is -0.311 e. The highest BCUT2D eigenvalue weighted by Gasteiger charge is 2.17. The van der Waals surface area contributed by atoms with Crippen molar-refractivity contribution >= 4 is 22.6 Å². The normalized spacial score (nSPS) is 25.9. The Bertz CT molecular complexity index is 61.5. The smallest absolute Gasteiger partial charge is 0.0193 e. The van der Waals surface area contributed by atoms with E-state index in [1.807, 2.05) is 0 Å². The first kappa shape index (κ1) is 6.81. The summed E-state index contributed by atoms with van der Waals surface area (Å²) in [5.41, 5.74) is 0. The average molecular weight is 225 g/mol. The first-order valence-corrected chi connectivity index (χ1v) is 4.75. The molecule has 1 N–H and O–H groups in total. The fraction of sp³-hybridized carbons (Fsp3) is 1.00. The van der Waals surface area contributed by atoms with Crippen molar-refractivity contribution in [2.24, 2.45) is 0 Å². The molecule has 48 valence electrons. The van der Waals surface area contributed by atoms with E-state index in [0.717, 1.165) is 6.04 Å². The summed E-state index contributed by atoms with van der Waals surface area (Å²) in [5, 5.41) is 3.29. The van der Waals surface area contributed by atoms with Crippen LogP contribution >= 0.6 is 22.6 Å². The van der Waals surface area contributed by atoms with Gasteiger partial charge in [-0.3, -0.25) is 0 Å². The Balaban J connectivity index is 1.74. The van der Waals surface area contributed by atoms with Crippen molar-refractivity contribution in [2.45, 2.75) is 25.3 Å². The molecule has 1 rings (SSSR count). The lowest BCUT2D eigenvalue weighted by Crippen LogP contribution is -1.89. The maximum absolute atomic E-state index is 3.29. The third kappa shape index (κ3) is 2.87. The summed E-state index contributed by atoms with van der Waals surface area (Å²) in [6.45, 7) is 1.28.